The number of carbonyl (C=O) groups is 2. The first-order valence-corrected chi connectivity index (χ1v) is 10.4. The first kappa shape index (κ1) is 29.7. The quantitative estimate of drug-likeness (QED) is 0.0691. The summed E-state index contributed by atoms with van der Waals surface area (Å²) in [4.78, 5) is 23.7. The molecular weight excluding hydrogens is 511 g/mol. The summed E-state index contributed by atoms with van der Waals surface area (Å²) >= 11 is 0. The molecular formula is C26H21KO10. The van der Waals surface area contributed by atoms with Crippen LogP contribution in [-0.2, 0) is 20.7 Å². The number of aliphatic carboxylic acids is 1. The number of hydrogen-bond acceptors (Lipinski definition) is 10. The Balaban J connectivity index is 0.00000481. The van der Waals surface area contributed by atoms with Crippen LogP contribution in [-0.4, -0.2) is 48.7 Å². The Kier molecular flexibility index (Phi) is 10.6. The van der Waals surface area contributed by atoms with Crippen molar-refractivity contribution >= 4 is 30.2 Å². The standard InChI is InChI=1S/C26H22O10.K/c27-18-7-2-14(11-21(18)30)1-6-17-16(4-9-20(29)25(17)33)5-10-24(32)36-23(26(34)35)13-15-3-8-19(28)22(31)12-15;/h1-12,23,27-31,33H,13H2,(H,34,35);/q;+1/p-1/b6-1+,10-5+;. The molecule has 6 N–H and O–H groups in total. The second-order valence-electron chi connectivity index (χ2n) is 7.62. The summed E-state index contributed by atoms with van der Waals surface area (Å²) in [6.07, 6.45) is 2.99. The van der Waals surface area contributed by atoms with Gasteiger partial charge < -0.3 is 45.3 Å². The van der Waals surface area contributed by atoms with Gasteiger partial charge in [0.1, 0.15) is 6.10 Å². The van der Waals surface area contributed by atoms with Gasteiger partial charge in [-0.15, -0.1) is 0 Å². The summed E-state index contributed by atoms with van der Waals surface area (Å²) in [5.74, 6) is -5.18. The number of phenols is 6. The van der Waals surface area contributed by atoms with Crippen molar-refractivity contribution in [2.75, 3.05) is 0 Å². The zero-order valence-corrected chi connectivity index (χ0v) is 22.7. The van der Waals surface area contributed by atoms with Crippen molar-refractivity contribution < 1.29 is 101 Å². The Labute approximate surface area is 253 Å². The molecule has 11 heteroatoms. The summed E-state index contributed by atoms with van der Waals surface area (Å²) in [6, 6.07) is 10.2. The Morgan fingerprint density at radius 1 is 0.784 bits per heavy atom. The molecule has 186 valence electrons. The average Bonchev–Trinajstić information content (AvgIpc) is 2.83. The van der Waals surface area contributed by atoms with Crippen LogP contribution in [0.5, 0.6) is 34.5 Å². The third-order valence-electron chi connectivity index (χ3n) is 5.05. The maximum atomic E-state index is 12.3. The minimum absolute atomic E-state index is 0. The normalized spacial score (nSPS) is 11.8. The second kappa shape index (κ2) is 13.2. The van der Waals surface area contributed by atoms with Crippen LogP contribution in [0.4, 0.5) is 0 Å². The molecule has 0 saturated carbocycles. The van der Waals surface area contributed by atoms with E-state index in [0.717, 1.165) is 18.2 Å². The van der Waals surface area contributed by atoms with E-state index in [0.29, 0.717) is 5.56 Å². The van der Waals surface area contributed by atoms with Crippen molar-refractivity contribution in [2.24, 2.45) is 0 Å². The molecule has 10 nitrogen and oxygen atoms in total. The fraction of sp³-hybridized carbons (Fsp3) is 0.0769. The minimum Gasteiger partial charge on any atom is -0.546 e. The molecule has 3 aromatic rings. The Morgan fingerprint density at radius 3 is 2.03 bits per heavy atom. The number of carboxylic acid groups (broad SMARTS) is 1. The van der Waals surface area contributed by atoms with Crippen LogP contribution in [0.3, 0.4) is 0 Å². The molecule has 0 aliphatic carbocycles. The maximum absolute atomic E-state index is 12.3. The van der Waals surface area contributed by atoms with Gasteiger partial charge in [-0.2, -0.15) is 0 Å². The van der Waals surface area contributed by atoms with Crippen LogP contribution in [0.1, 0.15) is 22.3 Å². The number of aromatic hydroxyl groups is 6. The van der Waals surface area contributed by atoms with Gasteiger partial charge in [0.15, 0.2) is 34.5 Å². The zero-order valence-electron chi connectivity index (χ0n) is 19.5. The summed E-state index contributed by atoms with van der Waals surface area (Å²) < 4.78 is 4.94. The van der Waals surface area contributed by atoms with Crippen LogP contribution in [0.2, 0.25) is 0 Å². The van der Waals surface area contributed by atoms with Gasteiger partial charge in [-0.3, -0.25) is 0 Å². The van der Waals surface area contributed by atoms with Crippen molar-refractivity contribution in [3.05, 3.63) is 76.9 Å². The van der Waals surface area contributed by atoms with Crippen LogP contribution in [0.25, 0.3) is 18.2 Å². The predicted octanol–water partition coefficient (Wildman–Crippen LogP) is -0.988. The maximum Gasteiger partial charge on any atom is 1.00 e. The number of ether oxygens (including phenoxy) is 1. The number of hydrogen-bond donors (Lipinski definition) is 6. The molecule has 0 bridgehead atoms. The number of rotatable bonds is 8. The molecule has 1 unspecified atom stereocenters. The fourth-order valence-corrected chi connectivity index (χ4v) is 3.18. The van der Waals surface area contributed by atoms with E-state index in [-0.39, 0.29) is 86.0 Å². The molecule has 3 aromatic carbocycles. The van der Waals surface area contributed by atoms with Gasteiger partial charge in [-0.1, -0.05) is 24.3 Å². The summed E-state index contributed by atoms with van der Waals surface area (Å²) in [5.41, 5.74) is 1.09. The van der Waals surface area contributed by atoms with Gasteiger partial charge in [0.2, 0.25) is 0 Å². The van der Waals surface area contributed by atoms with Crippen molar-refractivity contribution in [3.63, 3.8) is 0 Å². The molecule has 1 atom stereocenters. The summed E-state index contributed by atoms with van der Waals surface area (Å²) in [6.45, 7) is 0. The van der Waals surface area contributed by atoms with Crippen LogP contribution in [0, 0.1) is 0 Å². The van der Waals surface area contributed by atoms with Crippen molar-refractivity contribution in [1.82, 2.24) is 0 Å². The largest absolute Gasteiger partial charge is 1.00 e. The SMILES string of the molecule is O=C(/C=C/c1ccc(O)c(O)c1/C=C/c1ccc(O)c(O)c1)OC(Cc1ccc(O)c(O)c1)C(=O)[O-].[K+]. The molecule has 0 aliphatic heterocycles. The first-order valence-electron chi connectivity index (χ1n) is 10.4. The van der Waals surface area contributed by atoms with Gasteiger partial charge in [-0.25, -0.2) is 4.79 Å². The van der Waals surface area contributed by atoms with E-state index in [1.807, 2.05) is 0 Å². The number of carboxylic acids is 1. The molecule has 0 heterocycles. The van der Waals surface area contributed by atoms with E-state index in [4.69, 9.17) is 4.74 Å². The van der Waals surface area contributed by atoms with Crippen molar-refractivity contribution in [2.45, 2.75) is 12.5 Å². The van der Waals surface area contributed by atoms with Gasteiger partial charge in [0, 0.05) is 18.1 Å². The van der Waals surface area contributed by atoms with E-state index in [1.165, 1.54) is 54.6 Å². The third kappa shape index (κ3) is 8.00. The Morgan fingerprint density at radius 2 is 1.41 bits per heavy atom. The zero-order chi connectivity index (χ0) is 26.4. The van der Waals surface area contributed by atoms with Crippen molar-refractivity contribution in [1.29, 1.82) is 0 Å². The number of phenolic OH excluding ortho intramolecular Hbond substituents is 6. The van der Waals surface area contributed by atoms with E-state index in [9.17, 15) is 45.3 Å². The smallest absolute Gasteiger partial charge is 0.546 e. The molecule has 0 saturated heterocycles. The second-order valence-corrected chi connectivity index (χ2v) is 7.62. The number of esters is 1. The van der Waals surface area contributed by atoms with Crippen molar-refractivity contribution in [3.8, 4) is 34.5 Å². The molecule has 3 rings (SSSR count). The predicted molar refractivity (Wildman–Crippen MR) is 126 cm³/mol. The topological polar surface area (TPSA) is 188 Å². The van der Waals surface area contributed by atoms with Crippen LogP contribution < -0.4 is 56.5 Å². The summed E-state index contributed by atoms with van der Waals surface area (Å²) in [7, 11) is 0. The molecule has 0 radical (unpaired) electrons. The first-order chi connectivity index (χ1) is 17.0. The molecule has 0 amide bonds. The van der Waals surface area contributed by atoms with Gasteiger partial charge in [-0.05, 0) is 59.2 Å². The molecule has 0 aromatic heterocycles. The Hall–Kier alpha value is -3.48. The summed E-state index contributed by atoms with van der Waals surface area (Å²) in [5, 5.41) is 69.5. The third-order valence-corrected chi connectivity index (χ3v) is 5.05. The minimum atomic E-state index is -1.69. The van der Waals surface area contributed by atoms with Gasteiger partial charge in [0.05, 0.1) is 5.97 Å². The number of carbonyl (C=O) groups excluding carboxylic acids is 2. The fourth-order valence-electron chi connectivity index (χ4n) is 3.18. The van der Waals surface area contributed by atoms with Gasteiger partial charge in [0.25, 0.3) is 0 Å². The number of benzene rings is 3. The van der Waals surface area contributed by atoms with Crippen LogP contribution in [0.15, 0.2) is 54.6 Å². The van der Waals surface area contributed by atoms with E-state index in [2.05, 4.69) is 0 Å². The molecule has 0 aliphatic rings. The molecule has 0 spiro atoms. The van der Waals surface area contributed by atoms with Crippen LogP contribution >= 0.6 is 0 Å². The van der Waals surface area contributed by atoms with E-state index < -0.39 is 41.0 Å². The molecule has 37 heavy (non-hydrogen) atoms. The molecule has 0 fully saturated rings. The average molecular weight is 533 g/mol. The Bertz CT molecular complexity index is 1360. The van der Waals surface area contributed by atoms with Gasteiger partial charge >= 0.3 is 57.4 Å². The van der Waals surface area contributed by atoms with E-state index >= 15 is 0 Å². The monoisotopic (exact) mass is 532 g/mol. The van der Waals surface area contributed by atoms with E-state index in [1.54, 1.807) is 0 Å².